The summed E-state index contributed by atoms with van der Waals surface area (Å²) in [4.78, 5) is 15.5. The maximum atomic E-state index is 5.04. The minimum absolute atomic E-state index is 0.0559. The molecule has 0 spiro atoms. The van der Waals surface area contributed by atoms with Crippen molar-refractivity contribution in [2.45, 2.75) is 24.3 Å². The highest BCUT2D eigenvalue weighted by atomic mass is 32.2. The predicted octanol–water partition coefficient (Wildman–Crippen LogP) is 4.15. The number of aromatic nitrogens is 2. The van der Waals surface area contributed by atoms with Crippen molar-refractivity contribution in [2.75, 3.05) is 6.54 Å². The number of nitrogens with one attached hydrogen (secondary N) is 1. The molecule has 3 aromatic rings. The topological polar surface area (TPSA) is 44.3 Å². The highest BCUT2D eigenvalue weighted by molar-refractivity contribution is 8.14. The summed E-state index contributed by atoms with van der Waals surface area (Å²) in [6, 6.07) is 14.9. The van der Waals surface area contributed by atoms with E-state index in [1.165, 1.54) is 16.5 Å². The quantitative estimate of drug-likeness (QED) is 0.765. The summed E-state index contributed by atoms with van der Waals surface area (Å²) in [5.74, 6) is 0. The molecule has 120 valence electrons. The first-order valence-corrected chi connectivity index (χ1v) is 9.17. The maximum absolute atomic E-state index is 5.04. The fourth-order valence-corrected chi connectivity index (χ4v) is 4.89. The largest absolute Gasteiger partial charge is 0.361 e. The zero-order chi connectivity index (χ0) is 16.1. The number of para-hydroxylation sites is 1. The fourth-order valence-electron chi connectivity index (χ4n) is 3.79. The van der Waals surface area contributed by atoms with Crippen LogP contribution in [0.25, 0.3) is 10.9 Å². The van der Waals surface area contributed by atoms with E-state index in [-0.39, 0.29) is 12.1 Å². The zero-order valence-corrected chi connectivity index (χ0v) is 14.2. The molecule has 0 unspecified atom stereocenters. The van der Waals surface area contributed by atoms with Gasteiger partial charge in [-0.05, 0) is 18.2 Å². The van der Waals surface area contributed by atoms with Gasteiger partial charge < -0.3 is 9.88 Å². The Morgan fingerprint density at radius 2 is 2.04 bits per heavy atom. The molecule has 1 fully saturated rings. The Morgan fingerprint density at radius 3 is 2.92 bits per heavy atom. The Bertz CT molecular complexity index is 917. The monoisotopic (exact) mass is 334 g/mol. The number of nitrogens with zero attached hydrogens (tertiary/aromatic N) is 3. The second kappa shape index (κ2) is 5.38. The lowest BCUT2D eigenvalue weighted by Crippen LogP contribution is -2.28. The second-order valence-corrected chi connectivity index (χ2v) is 7.83. The molecule has 4 heterocycles. The van der Waals surface area contributed by atoms with Gasteiger partial charge in [0.15, 0.2) is 5.17 Å². The first-order chi connectivity index (χ1) is 11.8. The van der Waals surface area contributed by atoms with Crippen LogP contribution >= 0.6 is 11.8 Å². The molecule has 3 atom stereocenters. The summed E-state index contributed by atoms with van der Waals surface area (Å²) in [6.07, 6.45) is 4.01. The average Bonchev–Trinajstić information content (AvgIpc) is 3.27. The van der Waals surface area contributed by atoms with Crippen molar-refractivity contribution in [1.82, 2.24) is 14.9 Å². The molecule has 0 radical (unpaired) electrons. The molecule has 1 N–H and O–H groups in total. The van der Waals surface area contributed by atoms with Crippen LogP contribution in [-0.2, 0) is 0 Å². The normalized spacial score (nSPS) is 26.0. The third-order valence-electron chi connectivity index (χ3n) is 4.82. The number of rotatable bonds is 2. The van der Waals surface area contributed by atoms with Crippen LogP contribution in [0.15, 0.2) is 59.9 Å². The number of hydrogen-bond acceptors (Lipinski definition) is 4. The van der Waals surface area contributed by atoms with Gasteiger partial charge >= 0.3 is 0 Å². The molecule has 2 aliphatic rings. The highest BCUT2D eigenvalue weighted by Crippen LogP contribution is 2.48. The van der Waals surface area contributed by atoms with Crippen LogP contribution in [0.2, 0.25) is 0 Å². The number of aromatic amines is 1. The molecule has 0 saturated carbocycles. The molecule has 1 aromatic carbocycles. The fraction of sp³-hybridized carbons (Fsp3) is 0.263. The van der Waals surface area contributed by atoms with Crippen LogP contribution in [0.4, 0.5) is 0 Å². The van der Waals surface area contributed by atoms with Crippen molar-refractivity contribution in [3.05, 3.63) is 66.1 Å². The first kappa shape index (κ1) is 14.1. The van der Waals surface area contributed by atoms with Crippen molar-refractivity contribution in [3.8, 4) is 0 Å². The van der Waals surface area contributed by atoms with E-state index < -0.39 is 0 Å². The van der Waals surface area contributed by atoms with Gasteiger partial charge in [-0.15, -0.1) is 0 Å². The molecule has 1 saturated heterocycles. The molecule has 2 aromatic heterocycles. The summed E-state index contributed by atoms with van der Waals surface area (Å²) in [5.41, 5.74) is 3.54. The van der Waals surface area contributed by atoms with Gasteiger partial charge in [-0.3, -0.25) is 9.98 Å². The Morgan fingerprint density at radius 1 is 1.17 bits per heavy atom. The summed E-state index contributed by atoms with van der Waals surface area (Å²) < 4.78 is 0. The molecule has 0 aliphatic carbocycles. The van der Waals surface area contributed by atoms with Crippen LogP contribution in [-0.4, -0.2) is 31.8 Å². The number of thioether (sulfide) groups is 1. The van der Waals surface area contributed by atoms with E-state index in [4.69, 9.17) is 4.99 Å². The Balaban J connectivity index is 1.66. The van der Waals surface area contributed by atoms with Crippen LogP contribution in [0, 0.1) is 0 Å². The van der Waals surface area contributed by atoms with Gasteiger partial charge in [0.25, 0.3) is 0 Å². The molecule has 0 amide bonds. The number of fused-ring (bicyclic) bond motifs is 2. The summed E-state index contributed by atoms with van der Waals surface area (Å²) in [7, 11) is 0. The van der Waals surface area contributed by atoms with Gasteiger partial charge in [0, 0.05) is 40.7 Å². The predicted molar refractivity (Wildman–Crippen MR) is 99.2 cm³/mol. The molecular formula is C19H18N4S. The Kier molecular flexibility index (Phi) is 3.16. The van der Waals surface area contributed by atoms with E-state index in [1.807, 2.05) is 30.1 Å². The van der Waals surface area contributed by atoms with Crippen molar-refractivity contribution in [1.29, 1.82) is 0 Å². The van der Waals surface area contributed by atoms with Crippen molar-refractivity contribution >= 4 is 27.8 Å². The van der Waals surface area contributed by atoms with Gasteiger partial charge in [-0.2, -0.15) is 0 Å². The molecule has 4 nitrogen and oxygen atoms in total. The SMILES string of the molecule is C[C@H]1CN2C(=N[C@H](c3ccccn3)[C@@H]2c2c[nH]c3ccccc23)S1. The molecule has 24 heavy (non-hydrogen) atoms. The Hall–Kier alpha value is -2.27. The standard InChI is InChI=1S/C19H18N4S/c1-12-11-23-18(14-10-21-15-7-3-2-6-13(14)15)17(22-19(23)24-12)16-8-4-5-9-20-16/h2-10,12,17-18,21H,11H2,1H3/t12-,17+,18-/m0/s1. The van der Waals surface area contributed by atoms with Crippen LogP contribution in [0.5, 0.6) is 0 Å². The van der Waals surface area contributed by atoms with Crippen molar-refractivity contribution < 1.29 is 0 Å². The number of pyridine rings is 1. The van der Waals surface area contributed by atoms with E-state index in [0.29, 0.717) is 5.25 Å². The molecule has 0 bridgehead atoms. The highest BCUT2D eigenvalue weighted by Gasteiger charge is 2.44. The van der Waals surface area contributed by atoms with E-state index in [0.717, 1.165) is 17.4 Å². The minimum atomic E-state index is 0.0559. The number of H-pyrrole nitrogens is 1. The molecule has 5 heteroatoms. The van der Waals surface area contributed by atoms with E-state index in [9.17, 15) is 0 Å². The zero-order valence-electron chi connectivity index (χ0n) is 13.4. The summed E-state index contributed by atoms with van der Waals surface area (Å²) in [5, 5.41) is 3.03. The first-order valence-electron chi connectivity index (χ1n) is 8.29. The lowest BCUT2D eigenvalue weighted by molar-refractivity contribution is 0.323. The number of aliphatic imine (C=N–C) groups is 1. The minimum Gasteiger partial charge on any atom is -0.361 e. The lowest BCUT2D eigenvalue weighted by Gasteiger charge is -2.26. The van der Waals surface area contributed by atoms with Gasteiger partial charge in [0.2, 0.25) is 0 Å². The van der Waals surface area contributed by atoms with E-state index in [2.05, 4.69) is 58.3 Å². The third kappa shape index (κ3) is 2.08. The van der Waals surface area contributed by atoms with Crippen molar-refractivity contribution in [3.63, 3.8) is 0 Å². The number of hydrogen-bond donors (Lipinski definition) is 1. The van der Waals surface area contributed by atoms with Crippen LogP contribution in [0.1, 0.15) is 30.3 Å². The van der Waals surface area contributed by atoms with Gasteiger partial charge in [-0.1, -0.05) is 43.0 Å². The van der Waals surface area contributed by atoms with Crippen LogP contribution < -0.4 is 0 Å². The van der Waals surface area contributed by atoms with E-state index >= 15 is 0 Å². The summed E-state index contributed by atoms with van der Waals surface area (Å²) in [6.45, 7) is 3.31. The molecule has 5 rings (SSSR count). The smallest absolute Gasteiger partial charge is 0.160 e. The second-order valence-electron chi connectivity index (χ2n) is 6.43. The molecular weight excluding hydrogens is 316 g/mol. The van der Waals surface area contributed by atoms with Gasteiger partial charge in [0.05, 0.1) is 11.7 Å². The molecule has 2 aliphatic heterocycles. The lowest BCUT2D eigenvalue weighted by atomic mass is 9.96. The van der Waals surface area contributed by atoms with Crippen LogP contribution in [0.3, 0.4) is 0 Å². The van der Waals surface area contributed by atoms with Gasteiger partial charge in [-0.25, -0.2) is 0 Å². The average molecular weight is 334 g/mol. The van der Waals surface area contributed by atoms with E-state index in [1.54, 1.807) is 0 Å². The Labute approximate surface area is 145 Å². The summed E-state index contributed by atoms with van der Waals surface area (Å²) >= 11 is 1.88. The van der Waals surface area contributed by atoms with Gasteiger partial charge in [0.1, 0.15) is 6.04 Å². The third-order valence-corrected chi connectivity index (χ3v) is 5.92. The maximum Gasteiger partial charge on any atom is 0.160 e. The van der Waals surface area contributed by atoms with Crippen molar-refractivity contribution in [2.24, 2.45) is 4.99 Å². The number of amidine groups is 1. The number of benzene rings is 1.